The van der Waals surface area contributed by atoms with Gasteiger partial charge in [0.1, 0.15) is 29.1 Å². The van der Waals surface area contributed by atoms with Gasteiger partial charge in [0.25, 0.3) is 0 Å². The first kappa shape index (κ1) is 73.8. The Labute approximate surface area is 574 Å². The third kappa shape index (κ3) is 20.8. The minimum absolute atomic E-state index is 0.154. The maximum Gasteiger partial charge on any atom is 0.240 e. The van der Waals surface area contributed by atoms with Gasteiger partial charge in [0.05, 0.1) is 75.4 Å². The van der Waals surface area contributed by atoms with Crippen LogP contribution in [-0.2, 0) is 39.3 Å². The van der Waals surface area contributed by atoms with Crippen LogP contribution >= 0.6 is 23.2 Å². The molecule has 0 fully saturated rings. The SMILES string of the molecule is CCCCCn1ccc2ccc(F)cc21.CCCCn1cc(C)c2ccc(F)cc21.CCCCn1ncc2ccc(Cl)cc21.CCCCn1ncc2ccc(F)cc21.CCCn1ncc2ccc(Cl)cc21.CCCn1ncc2ccc(F)cc21.CCOc1n[nH]c2ccc(F)cc12. The Bertz CT molecular complexity index is 4430. The highest BCUT2D eigenvalue weighted by atomic mass is 35.5. The number of fused-ring (bicyclic) bond motifs is 7. The van der Waals surface area contributed by atoms with E-state index in [0.717, 1.165) is 172 Å². The highest BCUT2D eigenvalue weighted by Gasteiger charge is 2.10. The molecule has 97 heavy (non-hydrogen) atoms. The number of benzene rings is 7. The van der Waals surface area contributed by atoms with Crippen molar-refractivity contribution < 1.29 is 26.7 Å². The summed E-state index contributed by atoms with van der Waals surface area (Å²) in [6.45, 7) is 22.9. The van der Waals surface area contributed by atoms with E-state index >= 15 is 0 Å². The predicted molar refractivity (Wildman–Crippen MR) is 389 cm³/mol. The summed E-state index contributed by atoms with van der Waals surface area (Å²) in [4.78, 5) is 0. The lowest BCUT2D eigenvalue weighted by molar-refractivity contribution is 0.330. The van der Waals surface area contributed by atoms with Gasteiger partial charge in [-0.25, -0.2) is 22.0 Å². The Morgan fingerprint density at radius 1 is 0.381 bits per heavy atom. The molecule has 7 aromatic carbocycles. The molecule has 0 bridgehead atoms. The van der Waals surface area contributed by atoms with Crippen LogP contribution in [0, 0.1) is 36.0 Å². The van der Waals surface area contributed by atoms with Crippen molar-refractivity contribution >= 4 is 99.5 Å². The molecule has 20 heteroatoms. The van der Waals surface area contributed by atoms with Gasteiger partial charge in [-0.15, -0.1) is 5.10 Å². The van der Waals surface area contributed by atoms with Crippen LogP contribution in [0.4, 0.5) is 22.0 Å². The van der Waals surface area contributed by atoms with E-state index in [4.69, 9.17) is 27.9 Å². The lowest BCUT2D eigenvalue weighted by Crippen LogP contribution is -1.99. The van der Waals surface area contributed by atoms with Crippen molar-refractivity contribution in [1.29, 1.82) is 0 Å². The second-order valence-electron chi connectivity index (χ2n) is 23.6. The van der Waals surface area contributed by atoms with Crippen molar-refractivity contribution in [3.8, 4) is 5.88 Å². The number of aromatic amines is 1. The monoisotopic (exact) mass is 1360 g/mol. The van der Waals surface area contributed by atoms with Crippen molar-refractivity contribution in [2.24, 2.45) is 0 Å². The number of unbranched alkanes of at least 4 members (excludes halogenated alkanes) is 5. The van der Waals surface area contributed by atoms with E-state index in [-0.39, 0.29) is 29.1 Å². The zero-order valence-corrected chi connectivity index (χ0v) is 58.4. The van der Waals surface area contributed by atoms with Gasteiger partial charge in [0.15, 0.2) is 0 Å². The second-order valence-corrected chi connectivity index (χ2v) is 24.5. The lowest BCUT2D eigenvalue weighted by Gasteiger charge is -2.04. The lowest BCUT2D eigenvalue weighted by atomic mass is 10.2. The second kappa shape index (κ2) is 37.5. The van der Waals surface area contributed by atoms with Crippen LogP contribution in [0.5, 0.6) is 5.88 Å². The third-order valence-corrected chi connectivity index (χ3v) is 16.5. The molecule has 14 rings (SSSR count). The van der Waals surface area contributed by atoms with Crippen LogP contribution in [0.2, 0.25) is 10.0 Å². The molecule has 0 aliphatic heterocycles. The number of rotatable bonds is 19. The molecule has 7 aromatic heterocycles. The minimum atomic E-state index is -0.283. The molecule has 0 saturated carbocycles. The van der Waals surface area contributed by atoms with E-state index in [2.05, 4.69) is 94.4 Å². The van der Waals surface area contributed by atoms with Crippen LogP contribution < -0.4 is 4.74 Å². The van der Waals surface area contributed by atoms with Crippen LogP contribution in [-0.4, -0.2) is 65.1 Å². The molecule has 0 amide bonds. The smallest absolute Gasteiger partial charge is 0.240 e. The zero-order chi connectivity index (χ0) is 69.2. The first-order valence-electron chi connectivity index (χ1n) is 33.8. The average molecular weight is 1360 g/mol. The van der Waals surface area contributed by atoms with Crippen LogP contribution in [0.15, 0.2) is 171 Å². The highest BCUT2D eigenvalue weighted by molar-refractivity contribution is 6.31. The van der Waals surface area contributed by atoms with E-state index in [0.29, 0.717) is 17.9 Å². The number of nitrogens with one attached hydrogen (secondary N) is 1. The number of nitrogens with zero attached hydrogens (tertiary/aromatic N) is 11. The molecule has 14 aromatic rings. The molecule has 0 unspecified atom stereocenters. The van der Waals surface area contributed by atoms with Crippen LogP contribution in [0.1, 0.15) is 125 Å². The molecule has 0 radical (unpaired) electrons. The molecule has 0 spiro atoms. The standard InChI is InChI=1S/2C13H16FN.C11H13ClN2.C11H13FN2.C10H11ClN2.C10H11FN2.C9H9FN2O/c1-3-4-7-15-9-10(2)12-6-5-11(14)8-13(12)15;1-2-3-4-8-15-9-7-11-5-6-12(14)10-13(11)15;2*1-2-3-6-14-11-7-10(12)5-4-9(11)8-13-14;2*1-2-5-13-10-6-9(11)4-3-8(10)7-12-13;1-2-13-9-7-5-6(10)3-4-8(7)11-12-9/h5-6,8-9H,3-4,7H2,1-2H3;5-7,9-10H,2-4,8H2,1H3;2*4-5,7-8H,2-3,6H2,1H3;2*3-4,6-7H,2,5H2,1H3;3-5H,2H2,1H3,(H,11,12). The number of hydrogen-bond donors (Lipinski definition) is 1. The summed E-state index contributed by atoms with van der Waals surface area (Å²) in [5, 5.41) is 32.5. The van der Waals surface area contributed by atoms with Gasteiger partial charge in [-0.05, 0) is 197 Å². The number of halogens is 7. The van der Waals surface area contributed by atoms with Crippen molar-refractivity contribution in [2.75, 3.05) is 6.61 Å². The summed E-state index contributed by atoms with van der Waals surface area (Å²) in [6.07, 6.45) is 24.0. The molecule has 13 nitrogen and oxygen atoms in total. The summed E-state index contributed by atoms with van der Waals surface area (Å²) in [7, 11) is 0. The number of hydrogen-bond acceptors (Lipinski definition) is 6. The third-order valence-electron chi connectivity index (χ3n) is 16.1. The maximum absolute atomic E-state index is 13.1. The van der Waals surface area contributed by atoms with Crippen molar-refractivity contribution in [3.05, 3.63) is 215 Å². The topological polar surface area (TPSA) is 119 Å². The normalized spacial score (nSPS) is 11.0. The van der Waals surface area contributed by atoms with Gasteiger partial charge in [0.2, 0.25) is 5.88 Å². The molecule has 0 aliphatic rings. The fraction of sp³-hybridized carbons (Fsp3) is 0.338. The molecule has 7 heterocycles. The Morgan fingerprint density at radius 2 is 0.794 bits per heavy atom. The zero-order valence-electron chi connectivity index (χ0n) is 56.9. The van der Waals surface area contributed by atoms with Crippen molar-refractivity contribution in [3.63, 3.8) is 0 Å². The Hall–Kier alpha value is -9.00. The van der Waals surface area contributed by atoms with Gasteiger partial charge in [0, 0.05) is 88.6 Å². The molecule has 0 aliphatic carbocycles. The summed E-state index contributed by atoms with van der Waals surface area (Å²) in [5.74, 6) is -0.538. The number of ether oxygens (including phenoxy) is 1. The van der Waals surface area contributed by atoms with Gasteiger partial charge in [-0.1, -0.05) is 96.8 Å². The average Bonchev–Trinajstić information content (AvgIpc) is 1.79. The maximum atomic E-state index is 13.1. The van der Waals surface area contributed by atoms with E-state index in [1.807, 2.05) is 98.8 Å². The molecule has 1 N–H and O–H groups in total. The van der Waals surface area contributed by atoms with Gasteiger partial charge in [-0.3, -0.25) is 23.8 Å². The van der Waals surface area contributed by atoms with E-state index in [1.54, 1.807) is 42.7 Å². The first-order chi connectivity index (χ1) is 47.1. The van der Waals surface area contributed by atoms with E-state index in [9.17, 15) is 22.0 Å². The van der Waals surface area contributed by atoms with Gasteiger partial charge >= 0.3 is 0 Å². The molecule has 512 valence electrons. The van der Waals surface area contributed by atoms with Crippen LogP contribution in [0.3, 0.4) is 0 Å². The largest absolute Gasteiger partial charge is 0.476 e. The van der Waals surface area contributed by atoms with E-state index in [1.165, 1.54) is 73.4 Å². The quantitative estimate of drug-likeness (QED) is 0.0636. The van der Waals surface area contributed by atoms with Gasteiger partial charge in [-0.2, -0.15) is 20.4 Å². The fourth-order valence-electron chi connectivity index (χ4n) is 11.0. The number of aryl methyl sites for hydroxylation is 7. The molecular formula is C77H89Cl2F5N12O. The summed E-state index contributed by atoms with van der Waals surface area (Å²) in [6, 6.07) is 37.7. The summed E-state index contributed by atoms with van der Waals surface area (Å²) < 4.78 is 82.1. The minimum Gasteiger partial charge on any atom is -0.476 e. The molecule has 0 atom stereocenters. The Balaban J connectivity index is 0.000000145. The summed E-state index contributed by atoms with van der Waals surface area (Å²) in [5.41, 5.74) is 8.04. The Kier molecular flexibility index (Phi) is 28.5. The van der Waals surface area contributed by atoms with Crippen molar-refractivity contribution in [1.82, 2.24) is 58.5 Å². The fourth-order valence-corrected chi connectivity index (χ4v) is 11.3. The van der Waals surface area contributed by atoms with Gasteiger partial charge < -0.3 is 13.9 Å². The predicted octanol–water partition coefficient (Wildman–Crippen LogP) is 22.1. The summed E-state index contributed by atoms with van der Waals surface area (Å²) >= 11 is 11.8. The number of H-pyrrole nitrogens is 1. The highest BCUT2D eigenvalue weighted by Crippen LogP contribution is 2.26. The number of aromatic nitrogens is 12. The van der Waals surface area contributed by atoms with Crippen molar-refractivity contribution in [2.45, 2.75) is 165 Å². The van der Waals surface area contributed by atoms with Crippen LogP contribution in [0.25, 0.3) is 76.3 Å². The van der Waals surface area contributed by atoms with E-state index < -0.39 is 0 Å². The Morgan fingerprint density at radius 3 is 1.29 bits per heavy atom. The molecule has 0 saturated heterocycles. The molecular weight excluding hydrogens is 1270 g/mol. The first-order valence-corrected chi connectivity index (χ1v) is 34.5.